The molecule has 0 bridgehead atoms. The molecule has 2 aliphatic heterocycles. The number of carbonyl (C=O) groups is 2. The molecule has 3 rings (SSSR count). The first kappa shape index (κ1) is 22.4. The molecule has 0 saturated carbocycles. The number of amides is 1. The van der Waals surface area contributed by atoms with E-state index in [2.05, 4.69) is 30.7 Å². The first-order valence-electron chi connectivity index (χ1n) is 10.5. The van der Waals surface area contributed by atoms with Crippen LogP contribution in [0.3, 0.4) is 0 Å². The van der Waals surface area contributed by atoms with E-state index >= 15 is 0 Å². The molecule has 1 unspecified atom stereocenters. The van der Waals surface area contributed by atoms with Crippen molar-refractivity contribution in [3.63, 3.8) is 0 Å². The summed E-state index contributed by atoms with van der Waals surface area (Å²) in [5, 5.41) is 6.89. The van der Waals surface area contributed by atoms with Crippen LogP contribution in [0.4, 0.5) is 0 Å². The van der Waals surface area contributed by atoms with Gasteiger partial charge >= 0.3 is 0 Å². The zero-order valence-corrected chi connectivity index (χ0v) is 17.5. The largest absolute Gasteiger partial charge is 0.483 e. The Labute approximate surface area is 168 Å². The minimum atomic E-state index is -0.250. The molecule has 1 fully saturated rings. The van der Waals surface area contributed by atoms with E-state index in [4.69, 9.17) is 14.3 Å². The second-order valence-corrected chi connectivity index (χ2v) is 8.15. The van der Waals surface area contributed by atoms with Gasteiger partial charge in [-0.3, -0.25) is 14.5 Å². The molecule has 2 aliphatic rings. The highest BCUT2D eigenvalue weighted by atomic mass is 16.4. The first-order valence-corrected chi connectivity index (χ1v) is 10.5. The topological polar surface area (TPSA) is 86.9 Å². The van der Waals surface area contributed by atoms with Gasteiger partial charge in [-0.25, -0.2) is 4.98 Å². The summed E-state index contributed by atoms with van der Waals surface area (Å²) in [4.78, 5) is 30.3. The van der Waals surface area contributed by atoms with Crippen molar-refractivity contribution in [2.75, 3.05) is 19.6 Å². The van der Waals surface area contributed by atoms with Crippen molar-refractivity contribution in [3.05, 3.63) is 17.3 Å². The number of hydrogen-bond donors (Lipinski definition) is 1. The van der Waals surface area contributed by atoms with Gasteiger partial charge in [0, 0.05) is 19.4 Å². The van der Waals surface area contributed by atoms with E-state index in [1.54, 1.807) is 0 Å². The summed E-state index contributed by atoms with van der Waals surface area (Å²) in [5.74, 6) is 2.73. The summed E-state index contributed by atoms with van der Waals surface area (Å²) in [5.41, 5.74) is 0.974. The van der Waals surface area contributed by atoms with Gasteiger partial charge in [-0.15, -0.1) is 0 Å². The van der Waals surface area contributed by atoms with Gasteiger partial charge < -0.3 is 14.4 Å². The fraction of sp³-hybridized carbons (Fsp3) is 0.762. The van der Waals surface area contributed by atoms with Crippen molar-refractivity contribution in [1.29, 1.82) is 0 Å². The van der Waals surface area contributed by atoms with Gasteiger partial charge in [0.15, 0.2) is 5.89 Å². The number of hydrogen-bond acceptors (Lipinski definition) is 5. The Morgan fingerprint density at radius 2 is 1.82 bits per heavy atom. The maximum absolute atomic E-state index is 13.0. The highest BCUT2D eigenvalue weighted by Gasteiger charge is 2.30. The van der Waals surface area contributed by atoms with Crippen LogP contribution in [0.15, 0.2) is 4.42 Å². The standard InChI is InChI=1S/C20H33N3O2.CH2O2/c1-15(2)8-9-19-21-17-14-23(13-10-18(17)25-19)20(24)16(3)22-11-6-4-5-7-12-22;2-1-3/h15-16H,4-14H2,1-3H3;1H,(H,2,3). The molecule has 1 saturated heterocycles. The summed E-state index contributed by atoms with van der Waals surface area (Å²) in [6.07, 6.45) is 7.79. The molecule has 1 aromatic rings. The van der Waals surface area contributed by atoms with E-state index in [0.717, 1.165) is 56.2 Å². The smallest absolute Gasteiger partial charge is 0.290 e. The van der Waals surface area contributed by atoms with E-state index in [1.807, 2.05) is 4.90 Å². The molecule has 1 aromatic heterocycles. The molecule has 0 aromatic carbocycles. The Hall–Kier alpha value is -1.89. The van der Waals surface area contributed by atoms with Gasteiger partial charge in [0.1, 0.15) is 11.5 Å². The van der Waals surface area contributed by atoms with E-state index < -0.39 is 0 Å². The van der Waals surface area contributed by atoms with Gasteiger partial charge in [0.05, 0.1) is 12.6 Å². The zero-order chi connectivity index (χ0) is 20.5. The SMILES string of the molecule is CC(C)CCc1nc2c(o1)CCN(C(=O)C(C)N1CCCCCC1)C2.O=CO. The van der Waals surface area contributed by atoms with Crippen LogP contribution in [0.1, 0.15) is 70.2 Å². The quantitative estimate of drug-likeness (QED) is 0.774. The van der Waals surface area contributed by atoms with Gasteiger partial charge in [-0.1, -0.05) is 26.7 Å². The van der Waals surface area contributed by atoms with Gasteiger partial charge in [-0.05, 0) is 45.2 Å². The van der Waals surface area contributed by atoms with Crippen LogP contribution in [0, 0.1) is 5.92 Å². The van der Waals surface area contributed by atoms with Gasteiger partial charge in [0.2, 0.25) is 5.91 Å². The Morgan fingerprint density at radius 3 is 2.43 bits per heavy atom. The average molecular weight is 394 g/mol. The molecule has 0 aliphatic carbocycles. The molecule has 7 nitrogen and oxygen atoms in total. The fourth-order valence-electron chi connectivity index (χ4n) is 3.86. The molecule has 1 atom stereocenters. The average Bonchev–Trinajstić information content (AvgIpc) is 2.88. The Balaban J connectivity index is 0.000000878. The molecule has 0 radical (unpaired) electrons. The van der Waals surface area contributed by atoms with Crippen LogP contribution in [0.2, 0.25) is 0 Å². The normalized spacial score (nSPS) is 18.6. The van der Waals surface area contributed by atoms with Crippen molar-refractivity contribution in [1.82, 2.24) is 14.8 Å². The molecule has 28 heavy (non-hydrogen) atoms. The molecule has 0 spiro atoms. The minimum Gasteiger partial charge on any atom is -0.483 e. The first-order chi connectivity index (χ1) is 13.5. The number of likely N-dealkylation sites (tertiary alicyclic amines) is 1. The monoisotopic (exact) mass is 393 g/mol. The third-order valence-electron chi connectivity index (χ3n) is 5.56. The van der Waals surface area contributed by atoms with Crippen molar-refractivity contribution < 1.29 is 19.1 Å². The lowest BCUT2D eigenvalue weighted by Crippen LogP contribution is -2.48. The number of fused-ring (bicyclic) bond motifs is 1. The fourth-order valence-corrected chi connectivity index (χ4v) is 3.86. The second-order valence-electron chi connectivity index (χ2n) is 8.15. The van der Waals surface area contributed by atoms with E-state index in [1.165, 1.54) is 25.7 Å². The van der Waals surface area contributed by atoms with Crippen molar-refractivity contribution >= 4 is 12.4 Å². The highest BCUT2D eigenvalue weighted by Crippen LogP contribution is 2.23. The predicted molar refractivity (Wildman–Crippen MR) is 107 cm³/mol. The van der Waals surface area contributed by atoms with Crippen molar-refractivity contribution in [2.45, 2.75) is 78.3 Å². The maximum atomic E-state index is 13.0. The van der Waals surface area contributed by atoms with Crippen LogP contribution in [-0.2, 0) is 29.0 Å². The lowest BCUT2D eigenvalue weighted by Gasteiger charge is -2.33. The molecular formula is C21H35N3O4. The summed E-state index contributed by atoms with van der Waals surface area (Å²) in [6.45, 7) is 9.71. The van der Waals surface area contributed by atoms with Crippen LogP contribution in [0.5, 0.6) is 0 Å². The summed E-state index contributed by atoms with van der Waals surface area (Å²) < 4.78 is 5.92. The third-order valence-corrected chi connectivity index (χ3v) is 5.56. The number of carboxylic acid groups (broad SMARTS) is 1. The summed E-state index contributed by atoms with van der Waals surface area (Å²) in [6, 6.07) is -0.0213. The Morgan fingerprint density at radius 1 is 1.18 bits per heavy atom. The number of carbonyl (C=O) groups excluding carboxylic acids is 1. The zero-order valence-electron chi connectivity index (χ0n) is 17.5. The lowest BCUT2D eigenvalue weighted by molar-refractivity contribution is -0.137. The maximum Gasteiger partial charge on any atom is 0.290 e. The van der Waals surface area contributed by atoms with Crippen LogP contribution >= 0.6 is 0 Å². The van der Waals surface area contributed by atoms with E-state index in [0.29, 0.717) is 12.5 Å². The molecule has 1 amide bonds. The second kappa shape index (κ2) is 11.2. The number of oxazole rings is 1. The third kappa shape index (κ3) is 6.33. The predicted octanol–water partition coefficient (Wildman–Crippen LogP) is 3.11. The number of aryl methyl sites for hydroxylation is 1. The van der Waals surface area contributed by atoms with E-state index in [9.17, 15) is 4.79 Å². The van der Waals surface area contributed by atoms with Crippen molar-refractivity contribution in [2.24, 2.45) is 5.92 Å². The molecule has 3 heterocycles. The summed E-state index contributed by atoms with van der Waals surface area (Å²) >= 11 is 0. The molecular weight excluding hydrogens is 358 g/mol. The Kier molecular flexibility index (Phi) is 8.96. The number of nitrogens with zero attached hydrogens (tertiary/aromatic N) is 3. The number of rotatable bonds is 5. The van der Waals surface area contributed by atoms with E-state index in [-0.39, 0.29) is 18.4 Å². The van der Waals surface area contributed by atoms with Gasteiger partial charge in [0.25, 0.3) is 6.47 Å². The van der Waals surface area contributed by atoms with Gasteiger partial charge in [-0.2, -0.15) is 0 Å². The Bertz CT molecular complexity index is 621. The van der Waals surface area contributed by atoms with Crippen LogP contribution in [0.25, 0.3) is 0 Å². The lowest BCUT2D eigenvalue weighted by atomic mass is 10.1. The molecule has 7 heteroatoms. The molecule has 158 valence electrons. The van der Waals surface area contributed by atoms with Crippen LogP contribution < -0.4 is 0 Å². The summed E-state index contributed by atoms with van der Waals surface area (Å²) in [7, 11) is 0. The molecule has 1 N–H and O–H groups in total. The van der Waals surface area contributed by atoms with Crippen LogP contribution in [-0.4, -0.2) is 57.9 Å². The minimum absolute atomic E-state index is 0.0213. The van der Waals surface area contributed by atoms with Crippen molar-refractivity contribution in [3.8, 4) is 0 Å². The number of aromatic nitrogens is 1. The highest BCUT2D eigenvalue weighted by molar-refractivity contribution is 5.81.